The highest BCUT2D eigenvalue weighted by molar-refractivity contribution is 6.31. The van der Waals surface area contributed by atoms with Crippen LogP contribution in [0.4, 0.5) is 4.79 Å². The van der Waals surface area contributed by atoms with Crippen LogP contribution in [0.5, 0.6) is 11.5 Å². The molecule has 2 N–H and O–H groups in total. The molecule has 0 radical (unpaired) electrons. The summed E-state index contributed by atoms with van der Waals surface area (Å²) in [6, 6.07) is 19.5. The van der Waals surface area contributed by atoms with E-state index >= 15 is 0 Å². The Morgan fingerprint density at radius 3 is 2.59 bits per heavy atom. The molecule has 0 aliphatic carbocycles. The number of aromatic nitrogens is 1. The topological polar surface area (TPSA) is 65.6 Å². The summed E-state index contributed by atoms with van der Waals surface area (Å²) < 4.78 is 5.71. The third-order valence-electron chi connectivity index (χ3n) is 5.85. The van der Waals surface area contributed by atoms with Gasteiger partial charge < -0.3 is 14.8 Å². The summed E-state index contributed by atoms with van der Waals surface area (Å²) in [7, 11) is 0. The van der Waals surface area contributed by atoms with Crippen LogP contribution in [0.15, 0.2) is 73.3 Å². The van der Waals surface area contributed by atoms with E-state index in [-0.39, 0.29) is 11.8 Å². The number of aromatic hydroxyl groups is 1. The van der Waals surface area contributed by atoms with Crippen molar-refractivity contribution in [2.75, 3.05) is 6.54 Å². The number of hydrogen-bond acceptors (Lipinski definition) is 3. The summed E-state index contributed by atoms with van der Waals surface area (Å²) in [5, 5.41) is 11.5. The maximum absolute atomic E-state index is 13.3. The lowest BCUT2D eigenvalue weighted by Crippen LogP contribution is -2.42. The van der Waals surface area contributed by atoms with Gasteiger partial charge in [-0.1, -0.05) is 48.5 Å². The Balaban J connectivity index is 1.55. The van der Waals surface area contributed by atoms with Gasteiger partial charge in [-0.25, -0.2) is 4.79 Å². The molecule has 1 aliphatic rings. The fraction of sp³-hybridized carbons (Fsp3) is 0.115. The first-order valence-corrected chi connectivity index (χ1v) is 10.7. The van der Waals surface area contributed by atoms with E-state index < -0.39 is 6.09 Å². The molecule has 160 valence electrons. The molecule has 1 aliphatic heterocycles. The van der Waals surface area contributed by atoms with Crippen molar-refractivity contribution in [2.24, 2.45) is 0 Å². The van der Waals surface area contributed by atoms with Crippen LogP contribution in [0.3, 0.4) is 0 Å². The third-order valence-corrected chi connectivity index (χ3v) is 6.09. The molecule has 0 bridgehead atoms. The van der Waals surface area contributed by atoms with Crippen LogP contribution >= 0.6 is 11.6 Å². The zero-order valence-corrected chi connectivity index (χ0v) is 18.0. The number of ether oxygens (including phenoxy) is 1. The van der Waals surface area contributed by atoms with E-state index in [1.165, 1.54) is 0 Å². The number of carbonyl (C=O) groups is 1. The summed E-state index contributed by atoms with van der Waals surface area (Å²) in [6.07, 6.45) is 1.98. The molecule has 1 amide bonds. The van der Waals surface area contributed by atoms with Gasteiger partial charge in [-0.3, -0.25) is 4.90 Å². The summed E-state index contributed by atoms with van der Waals surface area (Å²) in [5.41, 5.74) is 4.86. The van der Waals surface area contributed by atoms with Crippen molar-refractivity contribution in [1.29, 1.82) is 0 Å². The second kappa shape index (κ2) is 8.09. The van der Waals surface area contributed by atoms with Crippen molar-refractivity contribution < 1.29 is 14.6 Å². The first-order valence-electron chi connectivity index (χ1n) is 10.3. The van der Waals surface area contributed by atoms with Gasteiger partial charge in [0.1, 0.15) is 17.5 Å². The third kappa shape index (κ3) is 3.61. The van der Waals surface area contributed by atoms with Gasteiger partial charge in [-0.05, 0) is 65.6 Å². The van der Waals surface area contributed by atoms with Crippen molar-refractivity contribution in [3.8, 4) is 11.5 Å². The van der Waals surface area contributed by atoms with Gasteiger partial charge in [0.2, 0.25) is 0 Å². The number of rotatable bonds is 3. The van der Waals surface area contributed by atoms with Gasteiger partial charge in [0.25, 0.3) is 0 Å². The minimum atomic E-state index is -0.434. The molecule has 3 aromatic carbocycles. The van der Waals surface area contributed by atoms with E-state index in [0.29, 0.717) is 23.7 Å². The van der Waals surface area contributed by atoms with Crippen LogP contribution < -0.4 is 4.74 Å². The molecule has 2 heterocycles. The van der Waals surface area contributed by atoms with Crippen molar-refractivity contribution >= 4 is 34.7 Å². The molecule has 1 unspecified atom stereocenters. The predicted molar refractivity (Wildman–Crippen MR) is 126 cm³/mol. The van der Waals surface area contributed by atoms with Crippen molar-refractivity contribution in [1.82, 2.24) is 9.88 Å². The van der Waals surface area contributed by atoms with Gasteiger partial charge in [-0.2, -0.15) is 0 Å². The zero-order chi connectivity index (χ0) is 22.2. The quantitative estimate of drug-likeness (QED) is 0.388. The fourth-order valence-corrected chi connectivity index (χ4v) is 4.46. The smallest absolute Gasteiger partial charge is 0.416 e. The standard InChI is InChI=1S/C26H21ClN2O3/c1-2-16-3-10-20(11-4-16)32-26(31)29-14-13-21-22-15-18(27)7-12-23(22)28-24(21)25(29)17-5-8-19(30)9-6-17/h2-12,15,25,28,30H,1,13-14H2. The summed E-state index contributed by atoms with van der Waals surface area (Å²) >= 11 is 6.25. The predicted octanol–water partition coefficient (Wildman–Crippen LogP) is 6.32. The second-order valence-electron chi connectivity index (χ2n) is 7.79. The average Bonchev–Trinajstić information content (AvgIpc) is 3.17. The molecule has 4 aromatic rings. The second-order valence-corrected chi connectivity index (χ2v) is 8.22. The number of aromatic amines is 1. The number of H-pyrrole nitrogens is 1. The Bertz CT molecular complexity index is 1310. The molecule has 0 fully saturated rings. The highest BCUT2D eigenvalue weighted by Crippen LogP contribution is 2.39. The van der Waals surface area contributed by atoms with Crippen LogP contribution in [0.2, 0.25) is 5.02 Å². The number of phenols is 1. The van der Waals surface area contributed by atoms with Crippen LogP contribution in [0.25, 0.3) is 17.0 Å². The molecule has 0 saturated heterocycles. The summed E-state index contributed by atoms with van der Waals surface area (Å²) in [6.45, 7) is 4.23. The molecule has 1 atom stereocenters. The first-order chi connectivity index (χ1) is 15.5. The van der Waals surface area contributed by atoms with E-state index in [4.69, 9.17) is 16.3 Å². The summed E-state index contributed by atoms with van der Waals surface area (Å²) in [4.78, 5) is 18.5. The van der Waals surface area contributed by atoms with Crippen molar-refractivity contribution in [3.63, 3.8) is 0 Å². The molecular formula is C26H21ClN2O3. The van der Waals surface area contributed by atoms with Gasteiger partial charge >= 0.3 is 6.09 Å². The molecule has 5 rings (SSSR count). The van der Waals surface area contributed by atoms with Gasteiger partial charge in [0, 0.05) is 28.2 Å². The molecular weight excluding hydrogens is 424 g/mol. The number of benzene rings is 3. The molecule has 1 aromatic heterocycles. The highest BCUT2D eigenvalue weighted by Gasteiger charge is 2.35. The van der Waals surface area contributed by atoms with Crippen LogP contribution in [0, 0.1) is 0 Å². The number of halogens is 1. The number of carbonyl (C=O) groups excluding carboxylic acids is 1. The fourth-order valence-electron chi connectivity index (χ4n) is 4.29. The van der Waals surface area contributed by atoms with Crippen molar-refractivity contribution in [2.45, 2.75) is 12.5 Å². The van der Waals surface area contributed by atoms with Gasteiger partial charge in [-0.15, -0.1) is 0 Å². The molecule has 32 heavy (non-hydrogen) atoms. The average molecular weight is 445 g/mol. The Morgan fingerprint density at radius 2 is 1.88 bits per heavy atom. The Morgan fingerprint density at radius 1 is 1.12 bits per heavy atom. The minimum absolute atomic E-state index is 0.171. The lowest BCUT2D eigenvalue weighted by molar-refractivity contribution is 0.135. The minimum Gasteiger partial charge on any atom is -0.508 e. The van der Waals surface area contributed by atoms with E-state index in [1.807, 2.05) is 42.5 Å². The number of phenolic OH excluding ortho intramolecular Hbond substituents is 1. The van der Waals surface area contributed by atoms with E-state index in [1.54, 1.807) is 35.2 Å². The lowest BCUT2D eigenvalue weighted by atomic mass is 9.92. The molecule has 5 nitrogen and oxygen atoms in total. The van der Waals surface area contributed by atoms with Crippen molar-refractivity contribution in [3.05, 3.63) is 101 Å². The molecule has 6 heteroatoms. The zero-order valence-electron chi connectivity index (χ0n) is 17.2. The molecule has 0 saturated carbocycles. The SMILES string of the molecule is C=Cc1ccc(OC(=O)N2CCc3c([nH]c4ccc(Cl)cc34)C2c2ccc(O)cc2)cc1. The van der Waals surface area contributed by atoms with E-state index in [9.17, 15) is 9.90 Å². The number of nitrogens with one attached hydrogen (secondary N) is 1. The van der Waals surface area contributed by atoms with E-state index in [2.05, 4.69) is 11.6 Å². The van der Waals surface area contributed by atoms with Gasteiger partial charge in [0.15, 0.2) is 0 Å². The monoisotopic (exact) mass is 444 g/mol. The largest absolute Gasteiger partial charge is 0.508 e. The number of hydrogen-bond donors (Lipinski definition) is 2. The Hall–Kier alpha value is -3.70. The maximum atomic E-state index is 13.3. The summed E-state index contributed by atoms with van der Waals surface area (Å²) in [5.74, 6) is 0.643. The Kier molecular flexibility index (Phi) is 5.11. The number of fused-ring (bicyclic) bond motifs is 3. The normalized spacial score (nSPS) is 15.4. The highest BCUT2D eigenvalue weighted by atomic mass is 35.5. The number of nitrogens with zero attached hydrogens (tertiary/aromatic N) is 1. The Labute approximate surface area is 190 Å². The van der Waals surface area contributed by atoms with Gasteiger partial charge in [0.05, 0.1) is 0 Å². The number of amides is 1. The van der Waals surface area contributed by atoms with Crippen LogP contribution in [-0.4, -0.2) is 27.6 Å². The maximum Gasteiger partial charge on any atom is 0.416 e. The van der Waals surface area contributed by atoms with E-state index in [0.717, 1.165) is 33.3 Å². The van der Waals surface area contributed by atoms with Crippen LogP contribution in [0.1, 0.15) is 28.4 Å². The van der Waals surface area contributed by atoms with Crippen LogP contribution in [-0.2, 0) is 6.42 Å². The first kappa shape index (κ1) is 20.2. The lowest BCUT2D eigenvalue weighted by Gasteiger charge is -2.35. The molecule has 0 spiro atoms.